The number of aliphatic hydroxyl groups excluding tert-OH is 1. The number of amides is 2. The third-order valence-electron chi connectivity index (χ3n) is 4.63. The van der Waals surface area contributed by atoms with E-state index in [0.717, 1.165) is 6.08 Å². The summed E-state index contributed by atoms with van der Waals surface area (Å²) in [7, 11) is 0. The molecule has 8 nitrogen and oxygen atoms in total. The lowest BCUT2D eigenvalue weighted by molar-refractivity contribution is -0.131. The summed E-state index contributed by atoms with van der Waals surface area (Å²) in [5, 5.41) is 20.1. The van der Waals surface area contributed by atoms with E-state index in [2.05, 4.69) is 5.32 Å². The molecule has 0 aliphatic rings. The number of aliphatic hydroxyl groups is 1. The van der Waals surface area contributed by atoms with Gasteiger partial charge >= 0.3 is 12.1 Å². The van der Waals surface area contributed by atoms with E-state index in [0.29, 0.717) is 29.7 Å². The largest absolute Gasteiger partial charge is 0.491 e. The molecule has 32 heavy (non-hydrogen) atoms. The minimum absolute atomic E-state index is 0.0676. The van der Waals surface area contributed by atoms with Crippen molar-refractivity contribution < 1.29 is 34.1 Å². The Bertz CT molecular complexity index is 927. The van der Waals surface area contributed by atoms with Gasteiger partial charge in [-0.15, -0.1) is 0 Å². The number of ether oxygens (including phenoxy) is 2. The van der Waals surface area contributed by atoms with Gasteiger partial charge in [0.15, 0.2) is 0 Å². The molecule has 0 radical (unpaired) electrons. The van der Waals surface area contributed by atoms with Crippen LogP contribution in [0.2, 0.25) is 0 Å². The normalized spacial score (nSPS) is 12.7. The topological polar surface area (TPSA) is 122 Å². The fourth-order valence-electron chi connectivity index (χ4n) is 3.08. The predicted molar refractivity (Wildman–Crippen MR) is 117 cm³/mol. The maximum Gasteiger partial charge on any atom is 0.414 e. The van der Waals surface area contributed by atoms with Crippen LogP contribution in [0.15, 0.2) is 66.7 Å². The molecule has 0 unspecified atom stereocenters. The van der Waals surface area contributed by atoms with E-state index in [1.54, 1.807) is 54.6 Å². The number of para-hydroxylation sites is 1. The van der Waals surface area contributed by atoms with Crippen molar-refractivity contribution in [3.05, 3.63) is 77.9 Å². The first-order valence-electron chi connectivity index (χ1n) is 10.2. The molecule has 2 atom stereocenters. The van der Waals surface area contributed by atoms with E-state index in [-0.39, 0.29) is 19.1 Å². The van der Waals surface area contributed by atoms with Gasteiger partial charge < -0.3 is 19.7 Å². The lowest BCUT2D eigenvalue weighted by Gasteiger charge is -2.26. The molecule has 0 bridgehead atoms. The number of carbonyl (C=O) groups excluding carboxylic acids is 2. The van der Waals surface area contributed by atoms with E-state index in [1.165, 1.54) is 6.08 Å². The highest BCUT2D eigenvalue weighted by Crippen LogP contribution is 2.35. The average Bonchev–Trinajstić information content (AvgIpc) is 2.79. The first-order valence-corrected chi connectivity index (χ1v) is 10.2. The zero-order valence-corrected chi connectivity index (χ0v) is 17.8. The van der Waals surface area contributed by atoms with Crippen LogP contribution >= 0.6 is 0 Å². The first kappa shape index (κ1) is 24.6. The highest BCUT2D eigenvalue weighted by molar-refractivity contribution is 6.02. The van der Waals surface area contributed by atoms with Gasteiger partial charge in [-0.1, -0.05) is 49.4 Å². The van der Waals surface area contributed by atoms with E-state index in [1.807, 2.05) is 6.92 Å². The van der Waals surface area contributed by atoms with E-state index < -0.39 is 24.1 Å². The van der Waals surface area contributed by atoms with Gasteiger partial charge in [0.2, 0.25) is 0 Å². The summed E-state index contributed by atoms with van der Waals surface area (Å²) in [5.41, 5.74) is 0.900. The van der Waals surface area contributed by atoms with Gasteiger partial charge in [0.05, 0.1) is 6.61 Å². The van der Waals surface area contributed by atoms with Gasteiger partial charge in [-0.2, -0.15) is 0 Å². The Morgan fingerprint density at radius 2 is 1.75 bits per heavy atom. The van der Waals surface area contributed by atoms with Crippen molar-refractivity contribution in [2.45, 2.75) is 25.9 Å². The highest BCUT2D eigenvalue weighted by Gasteiger charge is 2.27. The maximum absolute atomic E-state index is 12.5. The molecular formula is C24H27NO7. The van der Waals surface area contributed by atoms with Crippen molar-refractivity contribution in [1.82, 2.24) is 5.32 Å². The SMILES string of the molecule is C[C@H](CC/C=C/C(=O)O)[C@H](OC(=O)NC(=O)c1ccccc1)c1ccccc1OCCO. The second-order valence-corrected chi connectivity index (χ2v) is 7.05. The maximum atomic E-state index is 12.5. The molecule has 2 amide bonds. The van der Waals surface area contributed by atoms with Crippen LogP contribution in [0.4, 0.5) is 4.79 Å². The lowest BCUT2D eigenvalue weighted by atomic mass is 9.92. The van der Waals surface area contributed by atoms with Gasteiger partial charge in [0, 0.05) is 17.2 Å². The average molecular weight is 441 g/mol. The molecule has 2 rings (SSSR count). The molecule has 2 aromatic rings. The van der Waals surface area contributed by atoms with E-state index >= 15 is 0 Å². The van der Waals surface area contributed by atoms with E-state index in [9.17, 15) is 14.4 Å². The minimum Gasteiger partial charge on any atom is -0.491 e. The summed E-state index contributed by atoms with van der Waals surface area (Å²) in [4.78, 5) is 35.5. The zero-order chi connectivity index (χ0) is 23.3. The number of hydrogen-bond acceptors (Lipinski definition) is 6. The lowest BCUT2D eigenvalue weighted by Crippen LogP contribution is -2.33. The number of imide groups is 1. The number of carboxylic acids is 1. The van der Waals surface area contributed by atoms with Gasteiger partial charge in [0.1, 0.15) is 18.5 Å². The quantitative estimate of drug-likeness (QED) is 0.454. The molecule has 0 aromatic heterocycles. The summed E-state index contributed by atoms with van der Waals surface area (Å²) < 4.78 is 11.2. The van der Waals surface area contributed by atoms with Crippen molar-refractivity contribution >= 4 is 18.0 Å². The molecule has 0 aliphatic carbocycles. The molecule has 8 heteroatoms. The molecule has 0 heterocycles. The zero-order valence-electron chi connectivity index (χ0n) is 17.8. The molecule has 0 spiro atoms. The summed E-state index contributed by atoms with van der Waals surface area (Å²) in [6.07, 6.45) is 1.88. The van der Waals surface area contributed by atoms with Gasteiger partial charge in [0.25, 0.3) is 5.91 Å². The molecule has 0 saturated carbocycles. The van der Waals surface area contributed by atoms with Crippen LogP contribution in [0, 0.1) is 5.92 Å². The molecular weight excluding hydrogens is 414 g/mol. The van der Waals surface area contributed by atoms with Crippen molar-refractivity contribution in [1.29, 1.82) is 0 Å². The number of benzene rings is 2. The Morgan fingerprint density at radius 1 is 1.06 bits per heavy atom. The van der Waals surface area contributed by atoms with Crippen molar-refractivity contribution in [2.75, 3.05) is 13.2 Å². The number of alkyl carbamates (subject to hydrolysis) is 1. The number of carboxylic acid groups (broad SMARTS) is 1. The minimum atomic E-state index is -1.04. The third kappa shape index (κ3) is 7.88. The Morgan fingerprint density at radius 3 is 2.44 bits per heavy atom. The summed E-state index contributed by atoms with van der Waals surface area (Å²) in [6.45, 7) is 1.74. The molecule has 0 saturated heterocycles. The molecule has 0 aliphatic heterocycles. The molecule has 170 valence electrons. The Kier molecular flexibility index (Phi) is 9.93. The summed E-state index contributed by atoms with van der Waals surface area (Å²) in [6, 6.07) is 15.3. The second-order valence-electron chi connectivity index (χ2n) is 7.05. The molecule has 2 aromatic carbocycles. The van der Waals surface area contributed by atoms with Crippen LogP contribution in [0.1, 0.15) is 41.8 Å². The second kappa shape index (κ2) is 12.9. The predicted octanol–water partition coefficient (Wildman–Crippen LogP) is 3.72. The number of hydrogen-bond donors (Lipinski definition) is 3. The number of nitrogens with one attached hydrogen (secondary N) is 1. The monoisotopic (exact) mass is 441 g/mol. The Balaban J connectivity index is 2.19. The van der Waals surface area contributed by atoms with Crippen molar-refractivity contribution in [3.63, 3.8) is 0 Å². The van der Waals surface area contributed by atoms with Crippen LogP contribution in [-0.4, -0.2) is 41.4 Å². The van der Waals surface area contributed by atoms with Crippen LogP contribution < -0.4 is 10.1 Å². The van der Waals surface area contributed by atoms with E-state index in [4.69, 9.17) is 19.7 Å². The number of carbonyl (C=O) groups is 3. The van der Waals surface area contributed by atoms with Gasteiger partial charge in [-0.3, -0.25) is 10.1 Å². The van der Waals surface area contributed by atoms with Crippen LogP contribution in [0.25, 0.3) is 0 Å². The smallest absolute Gasteiger partial charge is 0.414 e. The highest BCUT2D eigenvalue weighted by atomic mass is 16.6. The molecule has 3 N–H and O–H groups in total. The number of aliphatic carboxylic acids is 1. The van der Waals surface area contributed by atoms with Gasteiger partial charge in [-0.25, -0.2) is 9.59 Å². The van der Waals surface area contributed by atoms with Crippen LogP contribution in [0.5, 0.6) is 5.75 Å². The van der Waals surface area contributed by atoms with Crippen LogP contribution in [0.3, 0.4) is 0 Å². The summed E-state index contributed by atoms with van der Waals surface area (Å²) >= 11 is 0. The fourth-order valence-corrected chi connectivity index (χ4v) is 3.08. The first-order chi connectivity index (χ1) is 15.4. The number of allylic oxidation sites excluding steroid dienone is 1. The Labute approximate surface area is 186 Å². The van der Waals surface area contributed by atoms with Crippen LogP contribution in [-0.2, 0) is 9.53 Å². The van der Waals surface area contributed by atoms with Crippen molar-refractivity contribution in [2.24, 2.45) is 5.92 Å². The van der Waals surface area contributed by atoms with Crippen molar-refractivity contribution in [3.8, 4) is 5.75 Å². The van der Waals surface area contributed by atoms with Gasteiger partial charge in [-0.05, 0) is 37.0 Å². The third-order valence-corrected chi connectivity index (χ3v) is 4.63. The fraction of sp³-hybridized carbons (Fsp3) is 0.292. The summed E-state index contributed by atoms with van der Waals surface area (Å²) in [5.74, 6) is -1.41. The number of rotatable bonds is 11. The standard InChI is InChI=1S/C24H27NO7/c1-17(9-5-8-14-21(27)28)22(19-12-6-7-13-20(19)31-16-15-26)32-24(30)25-23(29)18-10-3-2-4-11-18/h2-4,6-8,10-14,17,22,26H,5,9,15-16H2,1H3,(H,27,28)(H,25,29,30)/b14-8+/t17-,22+/m1/s1. The Hall–Kier alpha value is -3.65. The molecule has 0 fully saturated rings.